The predicted octanol–water partition coefficient (Wildman–Crippen LogP) is 1.20. The molecule has 1 unspecified atom stereocenters. The quantitative estimate of drug-likeness (QED) is 0.504. The Bertz CT molecular complexity index is 527. The van der Waals surface area contributed by atoms with Gasteiger partial charge in [0.05, 0.1) is 11.0 Å². The van der Waals surface area contributed by atoms with Crippen LogP contribution in [0.3, 0.4) is 0 Å². The van der Waals surface area contributed by atoms with Gasteiger partial charge in [0.1, 0.15) is 0 Å². The molecule has 1 aromatic rings. The zero-order valence-electron chi connectivity index (χ0n) is 10.2. The average molecular weight is 262 g/mol. The molecular weight excluding hydrogens is 248 g/mol. The third-order valence-corrected chi connectivity index (χ3v) is 2.97. The highest BCUT2D eigenvalue weighted by Crippen LogP contribution is 2.15. The minimum absolute atomic E-state index is 0.00815. The number of nitro groups is 1. The minimum Gasteiger partial charge on any atom is -0.391 e. The number of aliphatic hydroxyl groups excluding tert-OH is 1. The number of carbonyl (C=O) groups is 1. The van der Waals surface area contributed by atoms with Crippen LogP contribution < -0.4 is 0 Å². The molecule has 1 aromatic carbocycles. The summed E-state index contributed by atoms with van der Waals surface area (Å²) >= 11 is 0. The van der Waals surface area contributed by atoms with Gasteiger partial charge in [-0.15, -0.1) is 0 Å². The van der Waals surface area contributed by atoms with Crippen LogP contribution in [0.2, 0.25) is 0 Å². The largest absolute Gasteiger partial charge is 0.391 e. The zero-order valence-corrected chi connectivity index (χ0v) is 10.2. The fourth-order valence-electron chi connectivity index (χ4n) is 1.96. The Labute approximate surface area is 110 Å². The number of rotatable bonds is 3. The molecule has 0 spiro atoms. The van der Waals surface area contributed by atoms with Crippen molar-refractivity contribution < 1.29 is 14.8 Å². The van der Waals surface area contributed by atoms with E-state index in [1.165, 1.54) is 18.2 Å². The van der Waals surface area contributed by atoms with Gasteiger partial charge >= 0.3 is 0 Å². The Morgan fingerprint density at radius 3 is 2.95 bits per heavy atom. The van der Waals surface area contributed by atoms with E-state index in [2.05, 4.69) is 0 Å². The molecule has 6 nitrogen and oxygen atoms in total. The van der Waals surface area contributed by atoms with E-state index in [1.807, 2.05) is 0 Å². The highest BCUT2D eigenvalue weighted by atomic mass is 16.6. The molecule has 100 valence electrons. The van der Waals surface area contributed by atoms with Gasteiger partial charge < -0.3 is 10.0 Å². The highest BCUT2D eigenvalue weighted by Gasteiger charge is 2.22. The van der Waals surface area contributed by atoms with E-state index in [-0.39, 0.29) is 11.6 Å². The molecule has 1 N–H and O–H groups in total. The number of benzene rings is 1. The lowest BCUT2D eigenvalue weighted by Crippen LogP contribution is -2.27. The summed E-state index contributed by atoms with van der Waals surface area (Å²) in [6.07, 6.45) is 3.06. The molecule has 1 saturated heterocycles. The van der Waals surface area contributed by atoms with Crippen molar-refractivity contribution in [2.75, 3.05) is 13.1 Å². The van der Waals surface area contributed by atoms with E-state index in [4.69, 9.17) is 0 Å². The van der Waals surface area contributed by atoms with Crippen molar-refractivity contribution in [3.8, 4) is 0 Å². The van der Waals surface area contributed by atoms with Gasteiger partial charge in [-0.25, -0.2) is 0 Å². The van der Waals surface area contributed by atoms with Crippen LogP contribution in [0, 0.1) is 10.1 Å². The van der Waals surface area contributed by atoms with Gasteiger partial charge in [-0.05, 0) is 18.1 Å². The predicted molar refractivity (Wildman–Crippen MR) is 69.3 cm³/mol. The monoisotopic (exact) mass is 262 g/mol. The van der Waals surface area contributed by atoms with Crippen LogP contribution in [-0.4, -0.2) is 40.0 Å². The number of hydrogen-bond acceptors (Lipinski definition) is 4. The summed E-state index contributed by atoms with van der Waals surface area (Å²) in [7, 11) is 0. The highest BCUT2D eigenvalue weighted by molar-refractivity contribution is 5.92. The minimum atomic E-state index is -0.476. The number of aliphatic hydroxyl groups is 1. The molecule has 0 radical (unpaired) electrons. The van der Waals surface area contributed by atoms with E-state index in [1.54, 1.807) is 23.1 Å². The Kier molecular flexibility index (Phi) is 3.91. The molecule has 19 heavy (non-hydrogen) atoms. The van der Waals surface area contributed by atoms with Gasteiger partial charge in [0.15, 0.2) is 0 Å². The average Bonchev–Trinajstić information content (AvgIpc) is 2.83. The molecular formula is C13H14N2O4. The lowest BCUT2D eigenvalue weighted by molar-refractivity contribution is -0.384. The van der Waals surface area contributed by atoms with E-state index in [0.29, 0.717) is 25.1 Å². The number of likely N-dealkylation sites (tertiary alicyclic amines) is 1. The Morgan fingerprint density at radius 1 is 1.53 bits per heavy atom. The molecule has 1 heterocycles. The van der Waals surface area contributed by atoms with Crippen molar-refractivity contribution in [3.63, 3.8) is 0 Å². The first-order chi connectivity index (χ1) is 9.06. The van der Waals surface area contributed by atoms with Crippen molar-refractivity contribution in [2.45, 2.75) is 12.5 Å². The first-order valence-corrected chi connectivity index (χ1v) is 5.96. The summed E-state index contributed by atoms with van der Waals surface area (Å²) in [5.41, 5.74) is 0.591. The van der Waals surface area contributed by atoms with Crippen molar-refractivity contribution in [2.24, 2.45) is 0 Å². The van der Waals surface area contributed by atoms with Crippen LogP contribution >= 0.6 is 0 Å². The van der Waals surface area contributed by atoms with E-state index in [0.717, 1.165) is 0 Å². The molecule has 0 saturated carbocycles. The second kappa shape index (κ2) is 5.62. The van der Waals surface area contributed by atoms with Crippen molar-refractivity contribution in [3.05, 3.63) is 46.0 Å². The second-order valence-electron chi connectivity index (χ2n) is 4.41. The summed E-state index contributed by atoms with van der Waals surface area (Å²) in [6.45, 7) is 0.886. The van der Waals surface area contributed by atoms with Gasteiger partial charge in [0, 0.05) is 31.3 Å². The van der Waals surface area contributed by atoms with Gasteiger partial charge in [-0.3, -0.25) is 14.9 Å². The van der Waals surface area contributed by atoms with Crippen LogP contribution in [0.25, 0.3) is 6.08 Å². The summed E-state index contributed by atoms with van der Waals surface area (Å²) < 4.78 is 0. The molecule has 0 aliphatic carbocycles. The Hall–Kier alpha value is -2.21. The molecule has 1 atom stereocenters. The van der Waals surface area contributed by atoms with Gasteiger partial charge in [-0.2, -0.15) is 0 Å². The summed E-state index contributed by atoms with van der Waals surface area (Å²) in [5, 5.41) is 20.0. The number of β-amino-alcohol motifs (C(OH)–C–C–N with tert-alkyl or cyclic N) is 1. The third-order valence-electron chi connectivity index (χ3n) is 2.97. The number of nitrogens with zero attached hydrogens (tertiary/aromatic N) is 2. The van der Waals surface area contributed by atoms with E-state index < -0.39 is 11.0 Å². The van der Waals surface area contributed by atoms with Crippen LogP contribution in [0.4, 0.5) is 5.69 Å². The summed E-state index contributed by atoms with van der Waals surface area (Å²) in [6, 6.07) is 6.07. The topological polar surface area (TPSA) is 83.7 Å². The molecule has 0 aromatic heterocycles. The first-order valence-electron chi connectivity index (χ1n) is 5.96. The number of amides is 1. The maximum atomic E-state index is 11.8. The van der Waals surface area contributed by atoms with E-state index >= 15 is 0 Å². The Balaban J connectivity index is 2.04. The van der Waals surface area contributed by atoms with Crippen LogP contribution in [-0.2, 0) is 4.79 Å². The summed E-state index contributed by atoms with van der Waals surface area (Å²) in [5.74, 6) is -0.192. The smallest absolute Gasteiger partial charge is 0.270 e. The second-order valence-corrected chi connectivity index (χ2v) is 4.41. The Morgan fingerprint density at radius 2 is 2.32 bits per heavy atom. The number of nitro benzene ring substituents is 1. The van der Waals surface area contributed by atoms with Crippen molar-refractivity contribution in [1.29, 1.82) is 0 Å². The fourth-order valence-corrected chi connectivity index (χ4v) is 1.96. The third kappa shape index (κ3) is 3.38. The maximum Gasteiger partial charge on any atom is 0.270 e. The van der Waals surface area contributed by atoms with Gasteiger partial charge in [-0.1, -0.05) is 12.1 Å². The molecule has 1 fully saturated rings. The summed E-state index contributed by atoms with van der Waals surface area (Å²) in [4.78, 5) is 23.5. The van der Waals surface area contributed by atoms with E-state index in [9.17, 15) is 20.0 Å². The first kappa shape index (κ1) is 13.2. The molecule has 6 heteroatoms. The fraction of sp³-hybridized carbons (Fsp3) is 0.308. The molecule has 0 bridgehead atoms. The SMILES string of the molecule is O=C(/C=C/c1cccc([N+](=O)[O-])c1)N1CCC(O)C1. The normalized spacial score (nSPS) is 19.0. The lowest BCUT2D eigenvalue weighted by Gasteiger charge is -2.12. The van der Waals surface area contributed by atoms with Crippen molar-refractivity contribution >= 4 is 17.7 Å². The van der Waals surface area contributed by atoms with Gasteiger partial charge in [0.25, 0.3) is 5.69 Å². The maximum absolute atomic E-state index is 11.8. The van der Waals surface area contributed by atoms with Crippen LogP contribution in [0.5, 0.6) is 0 Å². The molecule has 1 aliphatic rings. The molecule has 1 amide bonds. The zero-order chi connectivity index (χ0) is 13.8. The standard InChI is InChI=1S/C13H14N2O4/c16-12-6-7-14(9-12)13(17)5-4-10-2-1-3-11(8-10)15(18)19/h1-5,8,12,16H,6-7,9H2/b5-4+. The molecule has 1 aliphatic heterocycles. The lowest BCUT2D eigenvalue weighted by atomic mass is 10.2. The van der Waals surface area contributed by atoms with Gasteiger partial charge in [0.2, 0.25) is 5.91 Å². The number of hydrogen-bond donors (Lipinski definition) is 1. The molecule has 2 rings (SSSR count). The number of non-ortho nitro benzene ring substituents is 1. The van der Waals surface area contributed by atoms with Crippen LogP contribution in [0.15, 0.2) is 30.3 Å². The number of carbonyl (C=O) groups excluding carboxylic acids is 1. The van der Waals surface area contributed by atoms with Crippen molar-refractivity contribution in [1.82, 2.24) is 4.90 Å². The van der Waals surface area contributed by atoms with Crippen LogP contribution in [0.1, 0.15) is 12.0 Å².